The van der Waals surface area contributed by atoms with Crippen molar-refractivity contribution in [2.45, 2.75) is 16.5 Å². The number of rotatable bonds is 3. The first-order valence-electron chi connectivity index (χ1n) is 4.88. The highest BCUT2D eigenvalue weighted by Gasteiger charge is 2.08. The average molecular weight is 286 g/mol. The summed E-state index contributed by atoms with van der Waals surface area (Å²) in [6.07, 6.45) is 1.68. The maximum absolute atomic E-state index is 9.25. The molecule has 0 aliphatic heterocycles. The minimum absolute atomic E-state index is 0.0377. The van der Waals surface area contributed by atoms with Gasteiger partial charge in [-0.25, -0.2) is 4.98 Å². The number of aliphatic hydroxyl groups excluding tert-OH is 1. The smallest absolute Gasteiger partial charge is 0.119 e. The Morgan fingerprint density at radius 3 is 2.76 bits per heavy atom. The second-order valence-electron chi connectivity index (χ2n) is 3.30. The van der Waals surface area contributed by atoms with Gasteiger partial charge in [-0.05, 0) is 29.8 Å². The molecule has 2 nitrogen and oxygen atoms in total. The average Bonchev–Trinajstić information content (AvgIpc) is 2.32. The number of hydrogen-bond donors (Lipinski definition) is 1. The van der Waals surface area contributed by atoms with Crippen LogP contribution in [0, 0.1) is 0 Å². The Hall–Kier alpha value is -0.740. The lowest BCUT2D eigenvalue weighted by Gasteiger charge is -2.07. The number of pyridine rings is 1. The first kappa shape index (κ1) is 12.7. The summed E-state index contributed by atoms with van der Waals surface area (Å²) in [7, 11) is 0. The standard InChI is InChI=1S/C12H9Cl2NOS/c13-9-4-3-8(7-16)11(6-9)17-12-10(14)2-1-5-15-12/h1-6,16H,7H2. The summed E-state index contributed by atoms with van der Waals surface area (Å²) in [5.41, 5.74) is 0.807. The molecular weight excluding hydrogens is 277 g/mol. The lowest BCUT2D eigenvalue weighted by molar-refractivity contribution is 0.279. The van der Waals surface area contributed by atoms with E-state index in [1.165, 1.54) is 11.8 Å². The predicted octanol–water partition coefficient (Wildman–Crippen LogP) is 4.03. The molecular formula is C12H9Cl2NOS. The van der Waals surface area contributed by atoms with Crippen LogP contribution in [0.3, 0.4) is 0 Å². The molecule has 0 saturated carbocycles. The van der Waals surface area contributed by atoms with Gasteiger partial charge in [0.05, 0.1) is 11.6 Å². The fraction of sp³-hybridized carbons (Fsp3) is 0.0833. The molecule has 1 aromatic carbocycles. The van der Waals surface area contributed by atoms with E-state index >= 15 is 0 Å². The molecule has 2 aromatic rings. The van der Waals surface area contributed by atoms with Crippen molar-refractivity contribution >= 4 is 35.0 Å². The molecule has 5 heteroatoms. The van der Waals surface area contributed by atoms with Crippen molar-refractivity contribution in [3.63, 3.8) is 0 Å². The topological polar surface area (TPSA) is 33.1 Å². The summed E-state index contributed by atoms with van der Waals surface area (Å²) in [6.45, 7) is -0.0377. The van der Waals surface area contributed by atoms with Crippen LogP contribution in [0.1, 0.15) is 5.56 Å². The summed E-state index contributed by atoms with van der Waals surface area (Å²) in [4.78, 5) is 5.05. The normalized spacial score (nSPS) is 10.5. The molecule has 88 valence electrons. The summed E-state index contributed by atoms with van der Waals surface area (Å²) >= 11 is 13.4. The largest absolute Gasteiger partial charge is 0.392 e. The molecule has 0 spiro atoms. The zero-order chi connectivity index (χ0) is 12.3. The molecule has 0 amide bonds. The molecule has 1 heterocycles. The van der Waals surface area contributed by atoms with E-state index in [2.05, 4.69) is 4.98 Å². The lowest BCUT2D eigenvalue weighted by Crippen LogP contribution is -1.88. The molecule has 17 heavy (non-hydrogen) atoms. The fourth-order valence-corrected chi connectivity index (χ4v) is 2.72. The molecule has 0 aliphatic rings. The summed E-state index contributed by atoms with van der Waals surface area (Å²) in [5.74, 6) is 0. The van der Waals surface area contributed by atoms with Crippen molar-refractivity contribution < 1.29 is 5.11 Å². The van der Waals surface area contributed by atoms with Crippen molar-refractivity contribution in [3.8, 4) is 0 Å². The van der Waals surface area contributed by atoms with Crippen LogP contribution >= 0.6 is 35.0 Å². The first-order valence-corrected chi connectivity index (χ1v) is 6.45. The van der Waals surface area contributed by atoms with E-state index in [9.17, 15) is 5.11 Å². The van der Waals surface area contributed by atoms with Gasteiger partial charge in [0.1, 0.15) is 5.03 Å². The number of benzene rings is 1. The monoisotopic (exact) mass is 285 g/mol. The summed E-state index contributed by atoms with van der Waals surface area (Å²) in [6, 6.07) is 8.89. The Kier molecular flexibility index (Phi) is 4.29. The SMILES string of the molecule is OCc1ccc(Cl)cc1Sc1ncccc1Cl. The minimum Gasteiger partial charge on any atom is -0.392 e. The Morgan fingerprint density at radius 2 is 2.06 bits per heavy atom. The zero-order valence-corrected chi connectivity index (χ0v) is 11.1. The van der Waals surface area contributed by atoms with Crippen LogP contribution in [0.2, 0.25) is 10.0 Å². The molecule has 2 rings (SSSR count). The molecule has 0 fully saturated rings. The van der Waals surface area contributed by atoms with Crippen LogP contribution in [-0.4, -0.2) is 10.1 Å². The second kappa shape index (κ2) is 5.74. The Morgan fingerprint density at radius 1 is 1.24 bits per heavy atom. The molecule has 0 atom stereocenters. The lowest BCUT2D eigenvalue weighted by atomic mass is 10.2. The van der Waals surface area contributed by atoms with Crippen LogP contribution in [0.15, 0.2) is 46.5 Å². The van der Waals surface area contributed by atoms with E-state index < -0.39 is 0 Å². The van der Waals surface area contributed by atoms with Gasteiger partial charge in [-0.2, -0.15) is 0 Å². The van der Waals surface area contributed by atoms with E-state index in [0.717, 1.165) is 10.5 Å². The van der Waals surface area contributed by atoms with Crippen LogP contribution in [0.5, 0.6) is 0 Å². The van der Waals surface area contributed by atoms with E-state index in [1.54, 1.807) is 36.5 Å². The molecule has 0 unspecified atom stereocenters. The molecule has 0 aliphatic carbocycles. The molecule has 1 N–H and O–H groups in total. The highest BCUT2D eigenvalue weighted by molar-refractivity contribution is 7.99. The van der Waals surface area contributed by atoms with Crippen molar-refractivity contribution in [1.29, 1.82) is 0 Å². The van der Waals surface area contributed by atoms with Gasteiger partial charge >= 0.3 is 0 Å². The van der Waals surface area contributed by atoms with Crippen LogP contribution in [-0.2, 0) is 6.61 Å². The van der Waals surface area contributed by atoms with Gasteiger partial charge in [-0.15, -0.1) is 0 Å². The Bertz CT molecular complexity index is 534. The maximum Gasteiger partial charge on any atom is 0.119 e. The molecule has 0 bridgehead atoms. The van der Waals surface area contributed by atoms with Gasteiger partial charge in [0.15, 0.2) is 0 Å². The second-order valence-corrected chi connectivity index (χ2v) is 5.18. The summed E-state index contributed by atoms with van der Waals surface area (Å²) in [5, 5.41) is 11.2. The first-order chi connectivity index (χ1) is 8.20. The van der Waals surface area contributed by atoms with Gasteiger partial charge in [0.2, 0.25) is 0 Å². The van der Waals surface area contributed by atoms with Crippen molar-refractivity contribution in [2.24, 2.45) is 0 Å². The number of aliphatic hydroxyl groups is 1. The molecule has 0 saturated heterocycles. The quantitative estimate of drug-likeness (QED) is 0.924. The number of nitrogens with zero attached hydrogens (tertiary/aromatic N) is 1. The van der Waals surface area contributed by atoms with Gasteiger partial charge in [-0.3, -0.25) is 0 Å². The number of hydrogen-bond acceptors (Lipinski definition) is 3. The highest BCUT2D eigenvalue weighted by atomic mass is 35.5. The van der Waals surface area contributed by atoms with Crippen LogP contribution < -0.4 is 0 Å². The van der Waals surface area contributed by atoms with Crippen LogP contribution in [0.4, 0.5) is 0 Å². The third kappa shape index (κ3) is 3.13. The van der Waals surface area contributed by atoms with Crippen molar-refractivity contribution in [3.05, 3.63) is 52.1 Å². The van der Waals surface area contributed by atoms with Crippen molar-refractivity contribution in [2.75, 3.05) is 0 Å². The Balaban J connectivity index is 2.35. The minimum atomic E-state index is -0.0377. The van der Waals surface area contributed by atoms with Gasteiger partial charge < -0.3 is 5.11 Å². The molecule has 1 aromatic heterocycles. The maximum atomic E-state index is 9.25. The predicted molar refractivity (Wildman–Crippen MR) is 70.7 cm³/mol. The number of halogens is 2. The van der Waals surface area contributed by atoms with Crippen LogP contribution in [0.25, 0.3) is 0 Å². The van der Waals surface area contributed by atoms with Gasteiger partial charge in [-0.1, -0.05) is 41.0 Å². The van der Waals surface area contributed by atoms with E-state index in [1.807, 2.05) is 0 Å². The molecule has 0 radical (unpaired) electrons. The van der Waals surface area contributed by atoms with E-state index in [0.29, 0.717) is 15.1 Å². The number of aromatic nitrogens is 1. The van der Waals surface area contributed by atoms with E-state index in [4.69, 9.17) is 23.2 Å². The van der Waals surface area contributed by atoms with E-state index in [-0.39, 0.29) is 6.61 Å². The van der Waals surface area contributed by atoms with Gasteiger partial charge in [0, 0.05) is 16.1 Å². The highest BCUT2D eigenvalue weighted by Crippen LogP contribution is 2.34. The third-order valence-electron chi connectivity index (χ3n) is 2.13. The third-order valence-corrected chi connectivity index (χ3v) is 3.90. The van der Waals surface area contributed by atoms with Gasteiger partial charge in [0.25, 0.3) is 0 Å². The van der Waals surface area contributed by atoms with Crippen molar-refractivity contribution in [1.82, 2.24) is 4.98 Å². The Labute approximate surface area is 114 Å². The fourth-order valence-electron chi connectivity index (χ4n) is 1.30. The summed E-state index contributed by atoms with van der Waals surface area (Å²) < 4.78 is 0. The zero-order valence-electron chi connectivity index (χ0n) is 8.73.